The number of fused-ring (bicyclic) bond motifs is 12. The molecule has 0 bridgehead atoms. The molecule has 47 heavy (non-hydrogen) atoms. The van der Waals surface area contributed by atoms with Gasteiger partial charge in [0.05, 0.1) is 45.2 Å². The van der Waals surface area contributed by atoms with E-state index in [0.29, 0.717) is 0 Å². The van der Waals surface area contributed by atoms with Crippen LogP contribution in [0.2, 0.25) is 0 Å². The Bertz CT molecular complexity index is 2400. The summed E-state index contributed by atoms with van der Waals surface area (Å²) in [6, 6.07) is 48.7. The zero-order valence-corrected chi connectivity index (χ0v) is 26.1. The van der Waals surface area contributed by atoms with Crippen molar-refractivity contribution < 1.29 is 0 Å². The Morgan fingerprint density at radius 3 is 1.81 bits per heavy atom. The number of aromatic nitrogens is 3. The van der Waals surface area contributed by atoms with Crippen LogP contribution in [0.5, 0.6) is 0 Å². The van der Waals surface area contributed by atoms with E-state index in [2.05, 4.69) is 151 Å². The van der Waals surface area contributed by atoms with Crippen molar-refractivity contribution in [2.45, 2.75) is 19.3 Å². The van der Waals surface area contributed by atoms with Gasteiger partial charge in [-0.2, -0.15) is 0 Å². The maximum Gasteiger partial charge on any atom is 0.137 e. The lowest BCUT2D eigenvalue weighted by Gasteiger charge is -2.45. The van der Waals surface area contributed by atoms with Crippen LogP contribution in [-0.4, -0.2) is 14.5 Å². The van der Waals surface area contributed by atoms with E-state index < -0.39 is 5.41 Å². The Morgan fingerprint density at radius 2 is 1.15 bits per heavy atom. The molecule has 222 valence electrons. The van der Waals surface area contributed by atoms with E-state index in [0.717, 1.165) is 44.8 Å². The van der Waals surface area contributed by atoms with E-state index >= 15 is 0 Å². The fourth-order valence-electron chi connectivity index (χ4n) is 8.33. The van der Waals surface area contributed by atoms with Crippen molar-refractivity contribution in [2.75, 3.05) is 4.90 Å². The van der Waals surface area contributed by atoms with Crippen LogP contribution in [0.1, 0.15) is 33.4 Å². The summed E-state index contributed by atoms with van der Waals surface area (Å²) in [6.45, 7) is 4.40. The number of benzene rings is 5. The molecule has 8 aromatic rings. The van der Waals surface area contributed by atoms with E-state index in [4.69, 9.17) is 9.97 Å². The predicted molar refractivity (Wildman–Crippen MR) is 191 cm³/mol. The van der Waals surface area contributed by atoms with E-state index in [1.54, 1.807) is 0 Å². The van der Waals surface area contributed by atoms with Gasteiger partial charge in [0.15, 0.2) is 0 Å². The summed E-state index contributed by atoms with van der Waals surface area (Å²) in [4.78, 5) is 12.3. The minimum Gasteiger partial charge on any atom is -0.306 e. The Labute approximate surface area is 273 Å². The minimum absolute atomic E-state index is 0.442. The Hall–Kier alpha value is -6.00. The first-order valence-electron chi connectivity index (χ1n) is 16.2. The highest BCUT2D eigenvalue weighted by molar-refractivity contribution is 6.07. The Morgan fingerprint density at radius 1 is 0.532 bits per heavy atom. The SMILES string of the molecule is Cc1ccc2c(c1)C1(c3ccccc3-c3ccccc31)c1cc(C)ccc1N2c1ccc(-n2c3ccccc3c3ncccc32)cn1. The molecule has 0 unspecified atom stereocenters. The third-order valence-corrected chi connectivity index (χ3v) is 10.2. The van der Waals surface area contributed by atoms with E-state index in [9.17, 15) is 0 Å². The van der Waals surface area contributed by atoms with E-state index in [-0.39, 0.29) is 0 Å². The van der Waals surface area contributed by atoms with Crippen molar-refractivity contribution in [3.8, 4) is 16.8 Å². The van der Waals surface area contributed by atoms with Gasteiger partial charge in [-0.25, -0.2) is 4.98 Å². The zero-order valence-electron chi connectivity index (χ0n) is 26.1. The molecule has 1 aliphatic heterocycles. The van der Waals surface area contributed by atoms with Crippen molar-refractivity contribution in [3.05, 3.63) is 179 Å². The fraction of sp³-hybridized carbons (Fsp3) is 0.0698. The number of rotatable bonds is 2. The summed E-state index contributed by atoms with van der Waals surface area (Å²) in [5.74, 6) is 0.886. The number of nitrogens with zero attached hydrogens (tertiary/aromatic N) is 4. The van der Waals surface area contributed by atoms with Crippen LogP contribution < -0.4 is 4.90 Å². The molecule has 0 N–H and O–H groups in total. The molecule has 0 atom stereocenters. The van der Waals surface area contributed by atoms with Crippen molar-refractivity contribution in [1.82, 2.24) is 14.5 Å². The Balaban J connectivity index is 1.22. The van der Waals surface area contributed by atoms with Crippen molar-refractivity contribution >= 4 is 39.1 Å². The van der Waals surface area contributed by atoms with Crippen molar-refractivity contribution in [1.29, 1.82) is 0 Å². The van der Waals surface area contributed by atoms with Crippen molar-refractivity contribution in [2.24, 2.45) is 0 Å². The van der Waals surface area contributed by atoms with Crippen LogP contribution in [0.3, 0.4) is 0 Å². The molecule has 4 heteroatoms. The molecule has 4 heterocycles. The van der Waals surface area contributed by atoms with Crippen molar-refractivity contribution in [3.63, 3.8) is 0 Å². The van der Waals surface area contributed by atoms with Gasteiger partial charge in [0.1, 0.15) is 5.82 Å². The lowest BCUT2D eigenvalue weighted by molar-refractivity contribution is 0.749. The average Bonchev–Trinajstić information content (AvgIpc) is 3.61. The van der Waals surface area contributed by atoms with E-state index in [1.165, 1.54) is 44.5 Å². The number of aryl methyl sites for hydroxylation is 2. The summed E-state index contributed by atoms with van der Waals surface area (Å²) in [5, 5.41) is 1.14. The normalized spacial score (nSPS) is 13.9. The van der Waals surface area contributed by atoms with E-state index in [1.807, 2.05) is 18.5 Å². The summed E-state index contributed by atoms with van der Waals surface area (Å²) in [6.07, 6.45) is 3.86. The molecule has 5 aromatic carbocycles. The third-order valence-electron chi connectivity index (χ3n) is 10.2. The number of hydrogen-bond acceptors (Lipinski definition) is 3. The van der Waals surface area contributed by atoms with Gasteiger partial charge in [-0.05, 0) is 89.7 Å². The first-order valence-corrected chi connectivity index (χ1v) is 16.2. The summed E-state index contributed by atoms with van der Waals surface area (Å²) in [7, 11) is 0. The maximum absolute atomic E-state index is 5.20. The van der Waals surface area contributed by atoms with Gasteiger partial charge >= 0.3 is 0 Å². The smallest absolute Gasteiger partial charge is 0.137 e. The number of hydrogen-bond donors (Lipinski definition) is 0. The van der Waals surface area contributed by atoms with Crippen LogP contribution in [0.15, 0.2) is 146 Å². The van der Waals surface area contributed by atoms with Gasteiger partial charge in [-0.3, -0.25) is 9.88 Å². The summed E-state index contributed by atoms with van der Waals surface area (Å²) >= 11 is 0. The van der Waals surface area contributed by atoms with Crippen LogP contribution in [0, 0.1) is 13.8 Å². The quantitative estimate of drug-likeness (QED) is 0.197. The molecule has 0 radical (unpaired) electrons. The predicted octanol–water partition coefficient (Wildman–Crippen LogP) is 10.3. The van der Waals surface area contributed by atoms with Gasteiger partial charge in [0, 0.05) is 11.6 Å². The van der Waals surface area contributed by atoms with Crippen LogP contribution in [-0.2, 0) is 5.41 Å². The van der Waals surface area contributed by atoms with Gasteiger partial charge in [0.25, 0.3) is 0 Å². The molecule has 0 amide bonds. The highest BCUT2D eigenvalue weighted by atomic mass is 15.2. The molecule has 3 aromatic heterocycles. The largest absolute Gasteiger partial charge is 0.306 e. The number of para-hydroxylation sites is 1. The first kappa shape index (κ1) is 26.2. The van der Waals surface area contributed by atoms with Crippen LogP contribution in [0.4, 0.5) is 17.2 Å². The average molecular weight is 603 g/mol. The van der Waals surface area contributed by atoms with Gasteiger partial charge in [-0.15, -0.1) is 0 Å². The minimum atomic E-state index is -0.442. The highest BCUT2D eigenvalue weighted by Crippen LogP contribution is 2.63. The topological polar surface area (TPSA) is 34.0 Å². The molecular formula is C43H30N4. The third kappa shape index (κ3) is 3.42. The lowest BCUT2D eigenvalue weighted by atomic mass is 9.64. The molecular weight excluding hydrogens is 573 g/mol. The second-order valence-electron chi connectivity index (χ2n) is 12.8. The fourth-order valence-corrected chi connectivity index (χ4v) is 8.33. The second-order valence-corrected chi connectivity index (χ2v) is 12.8. The first-order chi connectivity index (χ1) is 23.1. The number of pyridine rings is 2. The monoisotopic (exact) mass is 602 g/mol. The molecule has 1 aliphatic carbocycles. The molecule has 10 rings (SSSR count). The zero-order chi connectivity index (χ0) is 31.3. The lowest BCUT2D eigenvalue weighted by Crippen LogP contribution is -2.36. The molecule has 0 saturated carbocycles. The Kier molecular flexibility index (Phi) is 5.31. The summed E-state index contributed by atoms with van der Waals surface area (Å²) in [5.41, 5.74) is 16.4. The van der Waals surface area contributed by atoms with Gasteiger partial charge in [0.2, 0.25) is 0 Å². The molecule has 1 spiro atoms. The molecule has 4 nitrogen and oxygen atoms in total. The van der Waals surface area contributed by atoms with Crippen LogP contribution >= 0.6 is 0 Å². The standard InChI is InChI=1S/C43H30N4/c1-27-17-20-38-35(24-27)43(33-13-6-3-10-30(33)31-11-4-7-14-34(31)43)36-25-28(2)18-21-39(36)47(38)41-22-19-29(26-45-41)46-37-15-8-5-12-32(37)42-40(46)16-9-23-44-42/h3-26H,1-2H3. The highest BCUT2D eigenvalue weighted by Gasteiger charge is 2.51. The van der Waals surface area contributed by atoms with Crippen LogP contribution in [0.25, 0.3) is 38.8 Å². The maximum atomic E-state index is 5.20. The summed E-state index contributed by atoms with van der Waals surface area (Å²) < 4.78 is 2.26. The molecule has 2 aliphatic rings. The number of anilines is 3. The molecule has 0 saturated heterocycles. The molecule has 0 fully saturated rings. The second kappa shape index (κ2) is 9.51. The van der Waals surface area contributed by atoms with Gasteiger partial charge in [-0.1, -0.05) is 102 Å². The van der Waals surface area contributed by atoms with Gasteiger partial charge < -0.3 is 4.57 Å².